The molecule has 6 nitrogen and oxygen atoms in total. The van der Waals surface area contributed by atoms with Gasteiger partial charge in [0.25, 0.3) is 5.56 Å². The van der Waals surface area contributed by atoms with Gasteiger partial charge in [0.05, 0.1) is 17.4 Å². The van der Waals surface area contributed by atoms with Crippen LogP contribution in [0.25, 0.3) is 16.7 Å². The third-order valence-corrected chi connectivity index (χ3v) is 4.92. The number of nitrogens with zero attached hydrogens (tertiary/aromatic N) is 4. The molecule has 0 amide bonds. The SMILES string of the molecule is CCn1c(=O)c2ccccc2n2c(CNc3ccc(C(C)C)cc3)nnc12. The predicted molar refractivity (Wildman–Crippen MR) is 108 cm³/mol. The summed E-state index contributed by atoms with van der Waals surface area (Å²) >= 11 is 0. The Kier molecular flexibility index (Phi) is 4.39. The molecule has 0 saturated heterocycles. The van der Waals surface area contributed by atoms with Crippen molar-refractivity contribution in [3.63, 3.8) is 0 Å². The second kappa shape index (κ2) is 6.87. The van der Waals surface area contributed by atoms with Gasteiger partial charge in [-0.15, -0.1) is 10.2 Å². The van der Waals surface area contributed by atoms with Gasteiger partial charge in [-0.3, -0.25) is 13.8 Å². The largest absolute Gasteiger partial charge is 0.378 e. The van der Waals surface area contributed by atoms with Gasteiger partial charge in [-0.1, -0.05) is 38.1 Å². The maximum absolute atomic E-state index is 12.7. The van der Waals surface area contributed by atoms with E-state index in [-0.39, 0.29) is 5.56 Å². The van der Waals surface area contributed by atoms with Crippen LogP contribution in [-0.2, 0) is 13.1 Å². The highest BCUT2D eigenvalue weighted by molar-refractivity contribution is 5.80. The first-order valence-corrected chi connectivity index (χ1v) is 9.29. The van der Waals surface area contributed by atoms with Crippen molar-refractivity contribution < 1.29 is 0 Å². The topological polar surface area (TPSA) is 64.2 Å². The Bertz CT molecular complexity index is 1160. The van der Waals surface area contributed by atoms with Crippen LogP contribution in [0.15, 0.2) is 53.3 Å². The van der Waals surface area contributed by atoms with Crippen LogP contribution in [0.5, 0.6) is 0 Å². The van der Waals surface area contributed by atoms with Crippen molar-refractivity contribution in [1.29, 1.82) is 0 Å². The zero-order chi connectivity index (χ0) is 19.0. The molecule has 0 saturated carbocycles. The molecule has 0 spiro atoms. The Morgan fingerprint density at radius 3 is 2.48 bits per heavy atom. The molecule has 4 aromatic rings. The second-order valence-corrected chi connectivity index (χ2v) is 6.95. The zero-order valence-electron chi connectivity index (χ0n) is 15.8. The number of hydrogen-bond donors (Lipinski definition) is 1. The van der Waals surface area contributed by atoms with Crippen molar-refractivity contribution in [2.75, 3.05) is 5.32 Å². The van der Waals surface area contributed by atoms with E-state index < -0.39 is 0 Å². The van der Waals surface area contributed by atoms with Gasteiger partial charge >= 0.3 is 0 Å². The quantitative estimate of drug-likeness (QED) is 0.587. The summed E-state index contributed by atoms with van der Waals surface area (Å²) in [6.07, 6.45) is 0. The van der Waals surface area contributed by atoms with Crippen LogP contribution >= 0.6 is 0 Å². The van der Waals surface area contributed by atoms with Crippen LogP contribution in [0.3, 0.4) is 0 Å². The summed E-state index contributed by atoms with van der Waals surface area (Å²) in [5.41, 5.74) is 3.15. The summed E-state index contributed by atoms with van der Waals surface area (Å²) < 4.78 is 3.63. The highest BCUT2D eigenvalue weighted by Gasteiger charge is 2.15. The van der Waals surface area contributed by atoms with Gasteiger partial charge in [0.2, 0.25) is 5.78 Å². The Balaban J connectivity index is 1.74. The Morgan fingerprint density at radius 1 is 1.04 bits per heavy atom. The number of hydrogen-bond acceptors (Lipinski definition) is 4. The second-order valence-electron chi connectivity index (χ2n) is 6.95. The first-order valence-electron chi connectivity index (χ1n) is 9.29. The Labute approximate surface area is 157 Å². The molecule has 0 fully saturated rings. The van der Waals surface area contributed by atoms with Crippen molar-refractivity contribution in [2.24, 2.45) is 0 Å². The number of nitrogens with one attached hydrogen (secondary N) is 1. The lowest BCUT2D eigenvalue weighted by Crippen LogP contribution is -2.22. The van der Waals surface area contributed by atoms with Gasteiger partial charge in [-0.05, 0) is 42.7 Å². The molecule has 1 N–H and O–H groups in total. The average Bonchev–Trinajstić information content (AvgIpc) is 3.11. The minimum atomic E-state index is -0.0308. The molecule has 27 heavy (non-hydrogen) atoms. The monoisotopic (exact) mass is 361 g/mol. The van der Waals surface area contributed by atoms with Crippen LogP contribution < -0.4 is 10.9 Å². The molecule has 6 heteroatoms. The molecule has 2 heterocycles. The van der Waals surface area contributed by atoms with E-state index >= 15 is 0 Å². The lowest BCUT2D eigenvalue weighted by atomic mass is 10.0. The van der Waals surface area contributed by atoms with Crippen LogP contribution in [0.1, 0.15) is 38.1 Å². The summed E-state index contributed by atoms with van der Waals surface area (Å²) in [4.78, 5) is 12.7. The first kappa shape index (κ1) is 17.3. The van der Waals surface area contributed by atoms with E-state index in [1.807, 2.05) is 35.6 Å². The zero-order valence-corrected chi connectivity index (χ0v) is 15.8. The molecule has 0 radical (unpaired) electrons. The maximum atomic E-state index is 12.7. The molecule has 4 rings (SSSR count). The fourth-order valence-corrected chi connectivity index (χ4v) is 3.38. The summed E-state index contributed by atoms with van der Waals surface area (Å²) in [6, 6.07) is 16.0. The molecule has 2 aromatic carbocycles. The van der Waals surface area contributed by atoms with E-state index in [1.54, 1.807) is 4.57 Å². The minimum Gasteiger partial charge on any atom is -0.378 e. The number of fused-ring (bicyclic) bond motifs is 3. The lowest BCUT2D eigenvalue weighted by Gasteiger charge is -2.11. The molecule has 0 aliphatic carbocycles. The van der Waals surface area contributed by atoms with Gasteiger partial charge in [-0.2, -0.15) is 0 Å². The van der Waals surface area contributed by atoms with Gasteiger partial charge in [0.1, 0.15) is 0 Å². The molecular formula is C21H23N5O. The van der Waals surface area contributed by atoms with Crippen molar-refractivity contribution >= 4 is 22.4 Å². The summed E-state index contributed by atoms with van der Waals surface area (Å²) in [5.74, 6) is 1.86. The standard InChI is InChI=1S/C21H23N5O/c1-4-25-20(27)17-7-5-6-8-18(17)26-19(23-24-21(25)26)13-22-16-11-9-15(10-12-16)14(2)3/h5-12,14,22H,4,13H2,1-3H3. The van der Waals surface area contributed by atoms with Crippen LogP contribution in [0.2, 0.25) is 0 Å². The number of benzene rings is 2. The van der Waals surface area contributed by atoms with Crippen molar-refractivity contribution in [2.45, 2.75) is 39.8 Å². The number of aromatic nitrogens is 4. The predicted octanol–water partition coefficient (Wildman–Crippen LogP) is 3.80. The molecule has 138 valence electrons. The number of anilines is 1. The highest BCUT2D eigenvalue weighted by atomic mass is 16.1. The average molecular weight is 361 g/mol. The number of rotatable bonds is 5. The molecular weight excluding hydrogens is 338 g/mol. The number of aryl methyl sites for hydroxylation is 1. The van der Waals surface area contributed by atoms with E-state index in [1.165, 1.54) is 5.56 Å². The molecule has 0 atom stereocenters. The van der Waals surface area contributed by atoms with Crippen molar-refractivity contribution in [1.82, 2.24) is 19.2 Å². The summed E-state index contributed by atoms with van der Waals surface area (Å²) in [5, 5.41) is 12.7. The van der Waals surface area contributed by atoms with Gasteiger partial charge < -0.3 is 5.32 Å². The van der Waals surface area contributed by atoms with Gasteiger partial charge in [-0.25, -0.2) is 0 Å². The van der Waals surface area contributed by atoms with Crippen molar-refractivity contribution in [3.8, 4) is 0 Å². The summed E-state index contributed by atoms with van der Waals surface area (Å²) in [6.45, 7) is 7.38. The third-order valence-electron chi connectivity index (χ3n) is 4.92. The first-order chi connectivity index (χ1) is 13.1. The van der Waals surface area contributed by atoms with Crippen LogP contribution in [0, 0.1) is 0 Å². The normalized spacial score (nSPS) is 11.6. The van der Waals surface area contributed by atoms with Crippen LogP contribution in [-0.4, -0.2) is 19.2 Å². The third kappa shape index (κ3) is 2.97. The van der Waals surface area contributed by atoms with Gasteiger partial charge in [0, 0.05) is 12.2 Å². The van der Waals surface area contributed by atoms with E-state index in [9.17, 15) is 4.79 Å². The molecule has 0 unspecified atom stereocenters. The van der Waals surface area contributed by atoms with E-state index in [0.717, 1.165) is 17.0 Å². The number of para-hydroxylation sites is 1. The van der Waals surface area contributed by atoms with Crippen LogP contribution in [0.4, 0.5) is 5.69 Å². The summed E-state index contributed by atoms with van der Waals surface area (Å²) in [7, 11) is 0. The molecule has 0 aliphatic heterocycles. The van der Waals surface area contributed by atoms with E-state index in [4.69, 9.17) is 0 Å². The maximum Gasteiger partial charge on any atom is 0.262 e. The Hall–Kier alpha value is -3.15. The molecule has 0 bridgehead atoms. The van der Waals surface area contributed by atoms with Crippen molar-refractivity contribution in [3.05, 3.63) is 70.3 Å². The van der Waals surface area contributed by atoms with E-state index in [0.29, 0.717) is 30.2 Å². The highest BCUT2D eigenvalue weighted by Crippen LogP contribution is 2.19. The fourth-order valence-electron chi connectivity index (χ4n) is 3.38. The van der Waals surface area contributed by atoms with E-state index in [2.05, 4.69) is 53.6 Å². The Morgan fingerprint density at radius 2 is 1.78 bits per heavy atom. The minimum absolute atomic E-state index is 0.0308. The smallest absolute Gasteiger partial charge is 0.262 e. The van der Waals surface area contributed by atoms with Gasteiger partial charge in [0.15, 0.2) is 5.82 Å². The fraction of sp³-hybridized carbons (Fsp3) is 0.286. The molecule has 2 aromatic heterocycles. The lowest BCUT2D eigenvalue weighted by molar-refractivity contribution is 0.734. The molecule has 0 aliphatic rings.